The van der Waals surface area contributed by atoms with Crippen LogP contribution in [-0.2, 0) is 4.74 Å². The van der Waals surface area contributed by atoms with Crippen molar-refractivity contribution in [3.63, 3.8) is 0 Å². The molecule has 1 unspecified atom stereocenters. The van der Waals surface area contributed by atoms with E-state index >= 15 is 0 Å². The molecule has 0 bridgehead atoms. The number of aromatic nitrogens is 1. The minimum Gasteiger partial charge on any atom is -0.376 e. The Labute approximate surface area is 130 Å². The van der Waals surface area contributed by atoms with Crippen LogP contribution in [0.5, 0.6) is 0 Å². The van der Waals surface area contributed by atoms with Crippen LogP contribution in [0, 0.1) is 0 Å². The highest BCUT2D eigenvalue weighted by Gasteiger charge is 2.24. The highest BCUT2D eigenvalue weighted by Crippen LogP contribution is 2.15. The average molecular weight is 312 g/mol. The summed E-state index contributed by atoms with van der Waals surface area (Å²) in [6.45, 7) is 2.86. The quantitative estimate of drug-likeness (QED) is 0.753. The Morgan fingerprint density at radius 3 is 2.86 bits per heavy atom. The molecular weight excluding hydrogens is 290 g/mol. The fourth-order valence-electron chi connectivity index (χ4n) is 2.32. The van der Waals surface area contributed by atoms with Crippen LogP contribution in [0.4, 0.5) is 0 Å². The third-order valence-electron chi connectivity index (χ3n) is 3.49. The Bertz CT molecular complexity index is 476. The van der Waals surface area contributed by atoms with E-state index in [-0.39, 0.29) is 12.0 Å². The number of rotatable bonds is 6. The Hall–Kier alpha value is -1.17. The van der Waals surface area contributed by atoms with Gasteiger partial charge in [0, 0.05) is 26.2 Å². The molecular formula is C15H22ClN3O2. The Balaban J connectivity index is 2.06. The number of likely N-dealkylation sites (N-methyl/N-ethyl adjacent to an activating group) is 1. The second-order valence-corrected chi connectivity index (χ2v) is 5.92. The lowest BCUT2D eigenvalue weighted by Crippen LogP contribution is -2.41. The van der Waals surface area contributed by atoms with Crippen LogP contribution in [0.25, 0.3) is 0 Å². The Morgan fingerprint density at radius 2 is 2.24 bits per heavy atom. The summed E-state index contributed by atoms with van der Waals surface area (Å²) in [5.74, 6) is -0.0881. The van der Waals surface area contributed by atoms with E-state index in [4.69, 9.17) is 16.3 Å². The van der Waals surface area contributed by atoms with Crippen LogP contribution in [0.3, 0.4) is 0 Å². The predicted octanol–water partition coefficient (Wildman–Crippen LogP) is 1.92. The molecule has 0 radical (unpaired) electrons. The first-order valence-corrected chi connectivity index (χ1v) is 7.62. The third kappa shape index (κ3) is 4.95. The molecule has 0 aromatic carbocycles. The van der Waals surface area contributed by atoms with Gasteiger partial charge in [-0.25, -0.2) is 4.98 Å². The van der Waals surface area contributed by atoms with Crippen molar-refractivity contribution in [3.8, 4) is 0 Å². The molecule has 1 aromatic rings. The van der Waals surface area contributed by atoms with Gasteiger partial charge in [0.15, 0.2) is 0 Å². The number of carbonyl (C=O) groups is 1. The molecule has 0 N–H and O–H groups in total. The van der Waals surface area contributed by atoms with E-state index in [1.54, 1.807) is 18.2 Å². The van der Waals surface area contributed by atoms with Gasteiger partial charge in [-0.3, -0.25) is 4.79 Å². The Kier molecular flexibility index (Phi) is 5.96. The summed E-state index contributed by atoms with van der Waals surface area (Å²) in [4.78, 5) is 20.6. The largest absolute Gasteiger partial charge is 0.376 e. The smallest absolute Gasteiger partial charge is 0.272 e. The number of amides is 1. The van der Waals surface area contributed by atoms with Crippen molar-refractivity contribution in [3.05, 3.63) is 29.0 Å². The highest BCUT2D eigenvalue weighted by molar-refractivity contribution is 6.29. The van der Waals surface area contributed by atoms with Crippen LogP contribution in [-0.4, -0.2) is 67.1 Å². The van der Waals surface area contributed by atoms with Gasteiger partial charge in [-0.05, 0) is 39.1 Å². The molecule has 0 spiro atoms. The van der Waals surface area contributed by atoms with Crippen LogP contribution in [0.15, 0.2) is 18.2 Å². The lowest BCUT2D eigenvalue weighted by Gasteiger charge is -2.26. The zero-order valence-electron chi connectivity index (χ0n) is 12.6. The maximum Gasteiger partial charge on any atom is 0.272 e. The van der Waals surface area contributed by atoms with Crippen molar-refractivity contribution in [2.75, 3.05) is 40.3 Å². The molecule has 2 heterocycles. The summed E-state index contributed by atoms with van der Waals surface area (Å²) in [5.41, 5.74) is 0.388. The van der Waals surface area contributed by atoms with Crippen molar-refractivity contribution in [2.24, 2.45) is 0 Å². The van der Waals surface area contributed by atoms with Gasteiger partial charge < -0.3 is 14.5 Å². The number of hydrogen-bond donors (Lipinski definition) is 0. The second-order valence-electron chi connectivity index (χ2n) is 5.54. The van der Waals surface area contributed by atoms with Gasteiger partial charge in [0.2, 0.25) is 0 Å². The summed E-state index contributed by atoms with van der Waals surface area (Å²) >= 11 is 5.88. The number of carbonyl (C=O) groups excluding carboxylic acids is 1. The van der Waals surface area contributed by atoms with Crippen molar-refractivity contribution in [1.29, 1.82) is 0 Å². The zero-order chi connectivity index (χ0) is 15.2. The van der Waals surface area contributed by atoms with Crippen LogP contribution in [0.1, 0.15) is 23.3 Å². The van der Waals surface area contributed by atoms with Gasteiger partial charge in [0.05, 0.1) is 6.10 Å². The molecule has 6 heteroatoms. The lowest BCUT2D eigenvalue weighted by molar-refractivity contribution is 0.0508. The predicted molar refractivity (Wildman–Crippen MR) is 82.7 cm³/mol. The number of halogens is 1. The molecule has 1 atom stereocenters. The normalized spacial score (nSPS) is 18.2. The molecule has 5 nitrogen and oxygen atoms in total. The average Bonchev–Trinajstić information content (AvgIpc) is 2.95. The third-order valence-corrected chi connectivity index (χ3v) is 3.70. The Morgan fingerprint density at radius 1 is 1.43 bits per heavy atom. The summed E-state index contributed by atoms with van der Waals surface area (Å²) in [5, 5.41) is 0.338. The number of pyridine rings is 1. The SMILES string of the molecule is CN(C)CCN(CC1CCCO1)C(=O)c1cccc(Cl)n1. The highest BCUT2D eigenvalue weighted by atomic mass is 35.5. The number of hydrogen-bond acceptors (Lipinski definition) is 4. The van der Waals surface area contributed by atoms with E-state index in [0.717, 1.165) is 26.0 Å². The lowest BCUT2D eigenvalue weighted by atomic mass is 10.2. The van der Waals surface area contributed by atoms with E-state index in [1.165, 1.54) is 0 Å². The van der Waals surface area contributed by atoms with Crippen molar-refractivity contribution in [1.82, 2.24) is 14.8 Å². The maximum atomic E-state index is 12.6. The first kappa shape index (κ1) is 16.2. The molecule has 2 rings (SSSR count). The molecule has 1 saturated heterocycles. The minimum absolute atomic E-state index is 0.0881. The van der Waals surface area contributed by atoms with E-state index in [0.29, 0.717) is 23.9 Å². The van der Waals surface area contributed by atoms with Gasteiger partial charge in [0.1, 0.15) is 10.8 Å². The molecule has 1 aliphatic rings. The monoisotopic (exact) mass is 311 g/mol. The van der Waals surface area contributed by atoms with Crippen LogP contribution >= 0.6 is 11.6 Å². The van der Waals surface area contributed by atoms with Crippen LogP contribution in [0.2, 0.25) is 5.15 Å². The molecule has 116 valence electrons. The number of ether oxygens (including phenoxy) is 1. The second kappa shape index (κ2) is 7.73. The van der Waals surface area contributed by atoms with Crippen molar-refractivity contribution in [2.45, 2.75) is 18.9 Å². The molecule has 1 amide bonds. The van der Waals surface area contributed by atoms with Crippen molar-refractivity contribution < 1.29 is 9.53 Å². The van der Waals surface area contributed by atoms with Gasteiger partial charge in [-0.2, -0.15) is 0 Å². The minimum atomic E-state index is -0.0881. The van der Waals surface area contributed by atoms with Crippen molar-refractivity contribution >= 4 is 17.5 Å². The van der Waals surface area contributed by atoms with Crippen LogP contribution < -0.4 is 0 Å². The topological polar surface area (TPSA) is 45.7 Å². The fraction of sp³-hybridized carbons (Fsp3) is 0.600. The molecule has 1 aromatic heterocycles. The van der Waals surface area contributed by atoms with E-state index in [9.17, 15) is 4.79 Å². The molecule has 1 aliphatic heterocycles. The maximum absolute atomic E-state index is 12.6. The van der Waals surface area contributed by atoms with E-state index in [2.05, 4.69) is 9.88 Å². The summed E-state index contributed by atoms with van der Waals surface area (Å²) in [6, 6.07) is 5.12. The standard InChI is InChI=1S/C15H22ClN3O2/c1-18(2)8-9-19(11-12-5-4-10-21-12)15(20)13-6-3-7-14(16)17-13/h3,6-7,12H,4-5,8-11H2,1-2H3. The van der Waals surface area contributed by atoms with Gasteiger partial charge in [-0.15, -0.1) is 0 Å². The first-order chi connectivity index (χ1) is 10.1. The van der Waals surface area contributed by atoms with E-state index < -0.39 is 0 Å². The molecule has 0 saturated carbocycles. The first-order valence-electron chi connectivity index (χ1n) is 7.24. The molecule has 1 fully saturated rings. The zero-order valence-corrected chi connectivity index (χ0v) is 13.3. The number of nitrogens with zero attached hydrogens (tertiary/aromatic N) is 3. The van der Waals surface area contributed by atoms with E-state index in [1.807, 2.05) is 19.0 Å². The summed E-state index contributed by atoms with van der Waals surface area (Å²) in [7, 11) is 3.98. The fourth-order valence-corrected chi connectivity index (χ4v) is 2.48. The summed E-state index contributed by atoms with van der Waals surface area (Å²) < 4.78 is 5.65. The van der Waals surface area contributed by atoms with Gasteiger partial charge in [-0.1, -0.05) is 17.7 Å². The van der Waals surface area contributed by atoms with Gasteiger partial charge in [0.25, 0.3) is 5.91 Å². The molecule has 0 aliphatic carbocycles. The summed E-state index contributed by atoms with van der Waals surface area (Å²) in [6.07, 6.45) is 2.21. The molecule has 21 heavy (non-hydrogen) atoms. The van der Waals surface area contributed by atoms with Gasteiger partial charge >= 0.3 is 0 Å².